The number of nitrogens with zero attached hydrogens (tertiary/aromatic N) is 2. The molecule has 2 aromatic rings. The molecule has 4 rings (SSSR count). The Morgan fingerprint density at radius 2 is 2.09 bits per heavy atom. The van der Waals surface area contributed by atoms with Gasteiger partial charge in [0, 0.05) is 43.7 Å². The predicted molar refractivity (Wildman–Crippen MR) is 124 cm³/mol. The molecule has 2 aliphatic heterocycles. The first kappa shape index (κ1) is 23.3. The molecule has 0 saturated carbocycles. The van der Waals surface area contributed by atoms with Gasteiger partial charge in [0.2, 0.25) is 11.8 Å². The summed E-state index contributed by atoms with van der Waals surface area (Å²) in [5.41, 5.74) is 7.71. The zero-order chi connectivity index (χ0) is 23.4. The fraction of sp³-hybridized carbons (Fsp3) is 0.435. The number of nitrogens with one attached hydrogen (secondary N) is 3. The van der Waals surface area contributed by atoms with Crippen LogP contribution in [0.2, 0.25) is 5.02 Å². The number of carbonyl (C=O) groups is 2. The third-order valence-electron chi connectivity index (χ3n) is 6.12. The molecule has 10 heteroatoms. The third kappa shape index (κ3) is 5.21. The molecule has 0 radical (unpaired) electrons. The summed E-state index contributed by atoms with van der Waals surface area (Å²) < 4.78 is 10.6. The smallest absolute Gasteiger partial charge is 0.241 e. The number of piperidine rings is 1. The number of hydrogen-bond acceptors (Lipinski definition) is 7. The van der Waals surface area contributed by atoms with Crippen LogP contribution in [0.1, 0.15) is 30.9 Å². The van der Waals surface area contributed by atoms with Crippen LogP contribution in [0.25, 0.3) is 0 Å². The topological polar surface area (TPSA) is 105 Å². The number of rotatable bonds is 6. The third-order valence-corrected chi connectivity index (χ3v) is 6.42. The van der Waals surface area contributed by atoms with Crippen molar-refractivity contribution in [3.63, 3.8) is 0 Å². The second-order valence-electron chi connectivity index (χ2n) is 8.22. The van der Waals surface area contributed by atoms with Crippen LogP contribution in [0.15, 0.2) is 36.7 Å². The van der Waals surface area contributed by atoms with Crippen molar-refractivity contribution in [2.24, 2.45) is 5.92 Å². The summed E-state index contributed by atoms with van der Waals surface area (Å²) in [6.07, 6.45) is 5.59. The first-order valence-electron chi connectivity index (χ1n) is 10.9. The first-order valence-corrected chi connectivity index (χ1v) is 11.3. The van der Waals surface area contributed by atoms with Gasteiger partial charge in [0.1, 0.15) is 23.2 Å². The number of anilines is 1. The molecule has 1 aromatic heterocycles. The zero-order valence-corrected chi connectivity index (χ0v) is 19.4. The SMILES string of the molecule is COc1cc(Cl)c(NC(=O)C2CCCN(C(=O)C3CC(c4cccnc4)NN3)C2)c(OC)c1. The number of pyridine rings is 1. The van der Waals surface area contributed by atoms with Crippen LogP contribution in [-0.2, 0) is 9.59 Å². The molecule has 176 valence electrons. The van der Waals surface area contributed by atoms with Gasteiger partial charge >= 0.3 is 0 Å². The van der Waals surface area contributed by atoms with Crippen molar-refractivity contribution in [2.75, 3.05) is 32.6 Å². The largest absolute Gasteiger partial charge is 0.497 e. The van der Waals surface area contributed by atoms with Crippen molar-refractivity contribution in [3.8, 4) is 11.5 Å². The summed E-state index contributed by atoms with van der Waals surface area (Å²) >= 11 is 6.35. The predicted octanol–water partition coefficient (Wildman–Crippen LogP) is 2.54. The van der Waals surface area contributed by atoms with Crippen LogP contribution in [0.4, 0.5) is 5.69 Å². The normalized spacial score (nSPS) is 22.6. The summed E-state index contributed by atoms with van der Waals surface area (Å²) in [6.45, 7) is 0.988. The molecule has 2 aliphatic rings. The van der Waals surface area contributed by atoms with Gasteiger partial charge in [0.05, 0.1) is 25.2 Å². The monoisotopic (exact) mass is 473 g/mol. The molecule has 1 aromatic carbocycles. The lowest BCUT2D eigenvalue weighted by atomic mass is 9.95. The van der Waals surface area contributed by atoms with Crippen molar-refractivity contribution >= 4 is 29.1 Å². The standard InChI is InChI=1S/C23H28ClN5O4/c1-32-16-9-17(24)21(20(10-16)33-2)26-22(30)15-6-4-8-29(13-15)23(31)19-11-18(27-28-19)14-5-3-7-25-12-14/h3,5,7,9-10,12,15,18-19,27-28H,4,6,8,11,13H2,1-2H3,(H,26,30). The maximum absolute atomic E-state index is 13.1. The fourth-order valence-corrected chi connectivity index (χ4v) is 4.56. The molecule has 3 heterocycles. The minimum Gasteiger partial charge on any atom is -0.497 e. The van der Waals surface area contributed by atoms with Crippen LogP contribution in [0.3, 0.4) is 0 Å². The molecule has 3 N–H and O–H groups in total. The van der Waals surface area contributed by atoms with E-state index in [0.717, 1.165) is 12.0 Å². The van der Waals surface area contributed by atoms with Gasteiger partial charge in [-0.15, -0.1) is 0 Å². The number of benzene rings is 1. The molecule has 33 heavy (non-hydrogen) atoms. The van der Waals surface area contributed by atoms with E-state index in [9.17, 15) is 9.59 Å². The Balaban J connectivity index is 1.38. The number of carbonyl (C=O) groups excluding carboxylic acids is 2. The molecule has 0 aliphatic carbocycles. The van der Waals surface area contributed by atoms with Gasteiger partial charge in [-0.25, -0.2) is 10.9 Å². The lowest BCUT2D eigenvalue weighted by Crippen LogP contribution is -2.50. The van der Waals surface area contributed by atoms with Crippen LogP contribution in [-0.4, -0.2) is 55.0 Å². The van der Waals surface area contributed by atoms with Crippen molar-refractivity contribution < 1.29 is 19.1 Å². The first-order chi connectivity index (χ1) is 16.0. The minimum absolute atomic E-state index is 0.00792. The van der Waals surface area contributed by atoms with Crippen molar-refractivity contribution in [1.29, 1.82) is 0 Å². The quantitative estimate of drug-likeness (QED) is 0.592. The molecular weight excluding hydrogens is 446 g/mol. The van der Waals surface area contributed by atoms with Gasteiger partial charge < -0.3 is 19.7 Å². The lowest BCUT2D eigenvalue weighted by Gasteiger charge is -2.33. The highest BCUT2D eigenvalue weighted by Crippen LogP contribution is 2.37. The van der Waals surface area contributed by atoms with Gasteiger partial charge in [0.25, 0.3) is 0 Å². The van der Waals surface area contributed by atoms with Crippen LogP contribution < -0.4 is 25.6 Å². The number of methoxy groups -OCH3 is 2. The van der Waals surface area contributed by atoms with E-state index in [1.807, 2.05) is 12.1 Å². The number of aromatic nitrogens is 1. The Morgan fingerprint density at radius 1 is 1.24 bits per heavy atom. The molecule has 2 amide bonds. The number of halogens is 1. The number of likely N-dealkylation sites (tertiary alicyclic amines) is 1. The van der Waals surface area contributed by atoms with Crippen molar-refractivity contribution in [2.45, 2.75) is 31.3 Å². The second kappa shape index (κ2) is 10.4. The summed E-state index contributed by atoms with van der Waals surface area (Å²) in [6, 6.07) is 6.81. The second-order valence-corrected chi connectivity index (χ2v) is 8.62. The van der Waals surface area contributed by atoms with E-state index in [4.69, 9.17) is 21.1 Å². The molecular formula is C23H28ClN5O4. The average Bonchev–Trinajstić information content (AvgIpc) is 3.35. The van der Waals surface area contributed by atoms with Gasteiger partial charge in [-0.1, -0.05) is 17.7 Å². The highest BCUT2D eigenvalue weighted by atomic mass is 35.5. The Hall–Kier alpha value is -2.88. The van der Waals surface area contributed by atoms with E-state index >= 15 is 0 Å². The van der Waals surface area contributed by atoms with E-state index < -0.39 is 0 Å². The Kier molecular flexibility index (Phi) is 7.32. The molecule has 2 fully saturated rings. The number of hydrogen-bond donors (Lipinski definition) is 3. The molecule has 3 atom stereocenters. The molecule has 2 saturated heterocycles. The summed E-state index contributed by atoms with van der Waals surface area (Å²) in [5.74, 6) is 0.412. The molecule has 9 nitrogen and oxygen atoms in total. The lowest BCUT2D eigenvalue weighted by molar-refractivity contribution is -0.136. The number of amides is 2. The van der Waals surface area contributed by atoms with Crippen LogP contribution >= 0.6 is 11.6 Å². The summed E-state index contributed by atoms with van der Waals surface area (Å²) in [5, 5.41) is 3.21. The zero-order valence-electron chi connectivity index (χ0n) is 18.6. The number of hydrazine groups is 1. The fourth-order valence-electron chi connectivity index (χ4n) is 4.31. The van der Waals surface area contributed by atoms with E-state index in [0.29, 0.717) is 48.1 Å². The van der Waals surface area contributed by atoms with E-state index in [-0.39, 0.29) is 29.8 Å². The Bertz CT molecular complexity index is 1010. The maximum Gasteiger partial charge on any atom is 0.241 e. The van der Waals surface area contributed by atoms with Gasteiger partial charge in [-0.05, 0) is 30.9 Å². The van der Waals surface area contributed by atoms with Gasteiger partial charge in [-0.2, -0.15) is 0 Å². The van der Waals surface area contributed by atoms with E-state index in [1.165, 1.54) is 14.2 Å². The Labute approximate surface area is 197 Å². The van der Waals surface area contributed by atoms with Gasteiger partial charge in [0.15, 0.2) is 0 Å². The average molecular weight is 474 g/mol. The summed E-state index contributed by atoms with van der Waals surface area (Å²) in [7, 11) is 3.04. The minimum atomic E-state index is -0.354. The van der Waals surface area contributed by atoms with Crippen molar-refractivity contribution in [1.82, 2.24) is 20.7 Å². The maximum atomic E-state index is 13.1. The van der Waals surface area contributed by atoms with Crippen LogP contribution in [0.5, 0.6) is 11.5 Å². The number of ether oxygens (including phenoxy) is 2. The molecule has 0 bridgehead atoms. The van der Waals surface area contributed by atoms with Crippen LogP contribution in [0, 0.1) is 5.92 Å². The molecule has 0 spiro atoms. The highest BCUT2D eigenvalue weighted by molar-refractivity contribution is 6.34. The summed E-state index contributed by atoms with van der Waals surface area (Å²) in [4.78, 5) is 32.1. The van der Waals surface area contributed by atoms with E-state index in [2.05, 4.69) is 21.2 Å². The van der Waals surface area contributed by atoms with Gasteiger partial charge in [-0.3, -0.25) is 14.6 Å². The van der Waals surface area contributed by atoms with Crippen molar-refractivity contribution in [3.05, 3.63) is 47.2 Å². The highest BCUT2D eigenvalue weighted by Gasteiger charge is 2.36. The molecule has 3 unspecified atom stereocenters. The Morgan fingerprint density at radius 3 is 2.82 bits per heavy atom. The van der Waals surface area contributed by atoms with E-state index in [1.54, 1.807) is 29.4 Å².